The van der Waals surface area contributed by atoms with Crippen LogP contribution in [0, 0.1) is 0 Å². The van der Waals surface area contributed by atoms with Crippen molar-refractivity contribution in [1.82, 2.24) is 9.80 Å². The summed E-state index contributed by atoms with van der Waals surface area (Å²) in [5.41, 5.74) is 0. The van der Waals surface area contributed by atoms with Crippen molar-refractivity contribution in [2.45, 2.75) is 19.6 Å². The van der Waals surface area contributed by atoms with E-state index in [1.807, 2.05) is 14.1 Å². The second-order valence-electron chi connectivity index (χ2n) is 3.59. The molecule has 0 radical (unpaired) electrons. The minimum atomic E-state index is 0.229. The Morgan fingerprint density at radius 2 is 1.75 bits per heavy atom. The standard InChI is InChI=1S/C9H22N2O/c1-9(11(4)5)12-8-6-7-10(2)3/h9H,6-8H2,1-5H3. The van der Waals surface area contributed by atoms with Crippen LogP contribution >= 0.6 is 0 Å². The number of ether oxygens (including phenoxy) is 1. The Hall–Kier alpha value is -0.120. The van der Waals surface area contributed by atoms with Gasteiger partial charge in [-0.3, -0.25) is 4.90 Å². The highest BCUT2D eigenvalue weighted by Crippen LogP contribution is 1.95. The van der Waals surface area contributed by atoms with Gasteiger partial charge in [0.05, 0.1) is 0 Å². The summed E-state index contributed by atoms with van der Waals surface area (Å²) in [6, 6.07) is 0. The van der Waals surface area contributed by atoms with Gasteiger partial charge >= 0.3 is 0 Å². The second-order valence-corrected chi connectivity index (χ2v) is 3.59. The topological polar surface area (TPSA) is 15.7 Å². The Morgan fingerprint density at radius 1 is 1.17 bits per heavy atom. The molecular formula is C9H22N2O. The van der Waals surface area contributed by atoms with E-state index in [0.717, 1.165) is 19.6 Å². The lowest BCUT2D eigenvalue weighted by Gasteiger charge is -2.20. The smallest absolute Gasteiger partial charge is 0.107 e. The van der Waals surface area contributed by atoms with Gasteiger partial charge in [0.25, 0.3) is 0 Å². The van der Waals surface area contributed by atoms with Gasteiger partial charge in [-0.1, -0.05) is 0 Å². The van der Waals surface area contributed by atoms with Gasteiger partial charge in [-0.15, -0.1) is 0 Å². The van der Waals surface area contributed by atoms with E-state index in [-0.39, 0.29) is 6.23 Å². The van der Waals surface area contributed by atoms with Crippen LogP contribution in [-0.4, -0.2) is 57.4 Å². The summed E-state index contributed by atoms with van der Waals surface area (Å²) in [6.07, 6.45) is 1.33. The summed E-state index contributed by atoms with van der Waals surface area (Å²) in [4.78, 5) is 4.24. The summed E-state index contributed by atoms with van der Waals surface area (Å²) in [7, 11) is 8.21. The number of rotatable bonds is 6. The molecule has 0 fully saturated rings. The average Bonchev–Trinajstić information content (AvgIpc) is 1.97. The first-order valence-corrected chi connectivity index (χ1v) is 4.47. The van der Waals surface area contributed by atoms with Crippen LogP contribution in [0.1, 0.15) is 13.3 Å². The van der Waals surface area contributed by atoms with Crippen LogP contribution in [-0.2, 0) is 4.74 Å². The van der Waals surface area contributed by atoms with Crippen LogP contribution in [0.15, 0.2) is 0 Å². The molecule has 0 rings (SSSR count). The highest BCUT2D eigenvalue weighted by molar-refractivity contribution is 4.47. The number of nitrogens with zero attached hydrogens (tertiary/aromatic N) is 2. The quantitative estimate of drug-likeness (QED) is 0.439. The van der Waals surface area contributed by atoms with E-state index >= 15 is 0 Å². The van der Waals surface area contributed by atoms with Gasteiger partial charge in [-0.05, 0) is 48.1 Å². The molecule has 0 heterocycles. The Morgan fingerprint density at radius 3 is 2.17 bits per heavy atom. The lowest BCUT2D eigenvalue weighted by molar-refractivity contribution is -0.0248. The SMILES string of the molecule is CC(OCCCN(C)C)N(C)C. The van der Waals surface area contributed by atoms with Gasteiger partial charge < -0.3 is 9.64 Å². The van der Waals surface area contributed by atoms with Gasteiger partial charge in [0.15, 0.2) is 0 Å². The van der Waals surface area contributed by atoms with Gasteiger partial charge in [-0.2, -0.15) is 0 Å². The van der Waals surface area contributed by atoms with Crippen LogP contribution in [0.2, 0.25) is 0 Å². The van der Waals surface area contributed by atoms with Gasteiger partial charge in [0.2, 0.25) is 0 Å². The predicted octanol–water partition coefficient (Wildman–Crippen LogP) is 0.862. The molecular weight excluding hydrogens is 152 g/mol. The molecule has 0 saturated carbocycles. The van der Waals surface area contributed by atoms with Gasteiger partial charge in [0, 0.05) is 6.61 Å². The Kier molecular flexibility index (Phi) is 6.34. The highest BCUT2D eigenvalue weighted by atomic mass is 16.5. The van der Waals surface area contributed by atoms with Crippen LogP contribution in [0.25, 0.3) is 0 Å². The molecule has 0 aromatic heterocycles. The highest BCUT2D eigenvalue weighted by Gasteiger charge is 2.02. The van der Waals surface area contributed by atoms with Crippen molar-refractivity contribution in [2.75, 3.05) is 41.3 Å². The molecule has 0 bridgehead atoms. The number of hydrogen-bond acceptors (Lipinski definition) is 3. The molecule has 0 amide bonds. The fourth-order valence-corrected chi connectivity index (χ4v) is 0.784. The molecule has 0 saturated heterocycles. The monoisotopic (exact) mass is 174 g/mol. The van der Waals surface area contributed by atoms with Crippen molar-refractivity contribution in [3.8, 4) is 0 Å². The van der Waals surface area contributed by atoms with Gasteiger partial charge in [0.1, 0.15) is 6.23 Å². The Bertz CT molecular complexity index is 105. The first kappa shape index (κ1) is 11.9. The van der Waals surface area contributed by atoms with E-state index in [4.69, 9.17) is 4.74 Å². The van der Waals surface area contributed by atoms with E-state index in [1.54, 1.807) is 0 Å². The van der Waals surface area contributed by atoms with Crippen molar-refractivity contribution >= 4 is 0 Å². The largest absolute Gasteiger partial charge is 0.363 e. The molecule has 0 aliphatic carbocycles. The third kappa shape index (κ3) is 6.58. The van der Waals surface area contributed by atoms with E-state index in [1.165, 1.54) is 0 Å². The maximum Gasteiger partial charge on any atom is 0.107 e. The summed E-state index contributed by atoms with van der Waals surface area (Å²) >= 11 is 0. The molecule has 12 heavy (non-hydrogen) atoms. The van der Waals surface area contributed by atoms with Crippen molar-refractivity contribution in [2.24, 2.45) is 0 Å². The normalized spacial score (nSPS) is 14.2. The molecule has 3 nitrogen and oxygen atoms in total. The Balaban J connectivity index is 3.20. The molecule has 0 aromatic rings. The fraction of sp³-hybridized carbons (Fsp3) is 1.00. The molecule has 3 heteroatoms. The van der Waals surface area contributed by atoms with Crippen LogP contribution in [0.3, 0.4) is 0 Å². The van der Waals surface area contributed by atoms with E-state index in [0.29, 0.717) is 0 Å². The molecule has 74 valence electrons. The maximum absolute atomic E-state index is 5.55. The first-order chi connectivity index (χ1) is 5.54. The molecule has 0 aliphatic heterocycles. The van der Waals surface area contributed by atoms with Crippen molar-refractivity contribution in [3.63, 3.8) is 0 Å². The van der Waals surface area contributed by atoms with Crippen LogP contribution in [0.4, 0.5) is 0 Å². The summed E-state index contributed by atoms with van der Waals surface area (Å²) in [5, 5.41) is 0. The zero-order valence-electron chi connectivity index (χ0n) is 9.00. The molecule has 0 aliphatic rings. The minimum absolute atomic E-state index is 0.229. The van der Waals surface area contributed by atoms with Crippen molar-refractivity contribution in [1.29, 1.82) is 0 Å². The molecule has 1 unspecified atom stereocenters. The third-order valence-corrected chi connectivity index (χ3v) is 1.84. The van der Waals surface area contributed by atoms with Crippen molar-refractivity contribution in [3.05, 3.63) is 0 Å². The molecule has 0 N–H and O–H groups in total. The zero-order valence-corrected chi connectivity index (χ0v) is 9.00. The lowest BCUT2D eigenvalue weighted by Crippen LogP contribution is -2.28. The van der Waals surface area contributed by atoms with E-state index in [2.05, 4.69) is 30.8 Å². The average molecular weight is 174 g/mol. The molecule has 1 atom stereocenters. The second kappa shape index (κ2) is 6.40. The van der Waals surface area contributed by atoms with Gasteiger partial charge in [-0.25, -0.2) is 0 Å². The van der Waals surface area contributed by atoms with Crippen LogP contribution < -0.4 is 0 Å². The summed E-state index contributed by atoms with van der Waals surface area (Å²) < 4.78 is 5.55. The summed E-state index contributed by atoms with van der Waals surface area (Å²) in [5.74, 6) is 0. The predicted molar refractivity (Wildman–Crippen MR) is 52.3 cm³/mol. The third-order valence-electron chi connectivity index (χ3n) is 1.84. The van der Waals surface area contributed by atoms with Crippen molar-refractivity contribution < 1.29 is 4.74 Å². The van der Waals surface area contributed by atoms with E-state index in [9.17, 15) is 0 Å². The minimum Gasteiger partial charge on any atom is -0.363 e. The molecule has 0 aromatic carbocycles. The molecule has 0 spiro atoms. The maximum atomic E-state index is 5.55. The van der Waals surface area contributed by atoms with Crippen LogP contribution in [0.5, 0.6) is 0 Å². The number of hydrogen-bond donors (Lipinski definition) is 0. The summed E-state index contributed by atoms with van der Waals surface area (Å²) in [6.45, 7) is 4.01. The fourth-order valence-electron chi connectivity index (χ4n) is 0.784. The Labute approximate surface area is 76.3 Å². The van der Waals surface area contributed by atoms with E-state index < -0.39 is 0 Å². The lowest BCUT2D eigenvalue weighted by atomic mass is 10.4. The zero-order chi connectivity index (χ0) is 9.56. The first-order valence-electron chi connectivity index (χ1n) is 4.47.